The molecule has 1 atom stereocenters. The molecule has 0 aromatic heterocycles. The van der Waals surface area contributed by atoms with Crippen molar-refractivity contribution in [1.82, 2.24) is 10.2 Å². The summed E-state index contributed by atoms with van der Waals surface area (Å²) in [6.07, 6.45) is 0.719. The van der Waals surface area contributed by atoms with Crippen LogP contribution in [0.25, 0.3) is 0 Å². The number of hydrogen-bond acceptors (Lipinski definition) is 5. The first-order valence-electron chi connectivity index (χ1n) is 7.07. The first-order valence-corrected chi connectivity index (χ1v) is 7.07. The summed E-state index contributed by atoms with van der Waals surface area (Å²) in [4.78, 5) is 2.40. The molecule has 1 aromatic carbocycles. The average molecular weight is 280 g/mol. The van der Waals surface area contributed by atoms with E-state index in [2.05, 4.69) is 10.2 Å². The quantitative estimate of drug-likeness (QED) is 0.815. The van der Waals surface area contributed by atoms with Gasteiger partial charge in [0.15, 0.2) is 0 Å². The molecule has 1 aliphatic heterocycles. The van der Waals surface area contributed by atoms with E-state index in [1.165, 1.54) is 0 Å². The molecule has 0 spiro atoms. The predicted octanol–water partition coefficient (Wildman–Crippen LogP) is 1.03. The largest absolute Gasteiger partial charge is 0.497 e. The van der Waals surface area contributed by atoms with Crippen LogP contribution in [0.5, 0.6) is 11.5 Å². The van der Waals surface area contributed by atoms with E-state index in [0.29, 0.717) is 0 Å². The maximum atomic E-state index is 9.38. The van der Waals surface area contributed by atoms with Crippen LogP contribution in [-0.2, 0) is 0 Å². The van der Waals surface area contributed by atoms with Crippen LogP contribution >= 0.6 is 0 Å². The Bertz CT molecular complexity index is 397. The zero-order chi connectivity index (χ0) is 14.4. The van der Waals surface area contributed by atoms with Crippen LogP contribution in [0.3, 0.4) is 0 Å². The van der Waals surface area contributed by atoms with Gasteiger partial charge in [0.2, 0.25) is 0 Å². The summed E-state index contributed by atoms with van der Waals surface area (Å²) in [5, 5.41) is 12.7. The Morgan fingerprint density at radius 2 is 1.75 bits per heavy atom. The summed E-state index contributed by atoms with van der Waals surface area (Å²) in [6, 6.07) is 6.14. The number of benzene rings is 1. The molecule has 0 aliphatic carbocycles. The van der Waals surface area contributed by atoms with Crippen molar-refractivity contribution in [2.75, 3.05) is 47.0 Å². The fraction of sp³-hybridized carbons (Fsp3) is 0.600. The molecule has 0 radical (unpaired) electrons. The van der Waals surface area contributed by atoms with E-state index in [4.69, 9.17) is 9.47 Å². The molecule has 0 saturated carbocycles. The van der Waals surface area contributed by atoms with Crippen molar-refractivity contribution in [2.24, 2.45) is 0 Å². The van der Waals surface area contributed by atoms with E-state index < -0.39 is 0 Å². The lowest BCUT2D eigenvalue weighted by atomic mass is 10.0. The molecule has 1 fully saturated rings. The van der Waals surface area contributed by atoms with Crippen LogP contribution in [0.2, 0.25) is 0 Å². The van der Waals surface area contributed by atoms with Crippen molar-refractivity contribution in [3.05, 3.63) is 23.8 Å². The second kappa shape index (κ2) is 7.47. The van der Waals surface area contributed by atoms with Gasteiger partial charge in [-0.05, 0) is 24.1 Å². The Morgan fingerprint density at radius 3 is 2.25 bits per heavy atom. The third-order valence-corrected chi connectivity index (χ3v) is 3.75. The number of nitrogens with one attached hydrogen (secondary N) is 1. The van der Waals surface area contributed by atoms with Gasteiger partial charge in [-0.3, -0.25) is 4.90 Å². The van der Waals surface area contributed by atoms with E-state index >= 15 is 0 Å². The van der Waals surface area contributed by atoms with Crippen LogP contribution in [0.15, 0.2) is 18.2 Å². The van der Waals surface area contributed by atoms with Crippen molar-refractivity contribution in [1.29, 1.82) is 0 Å². The van der Waals surface area contributed by atoms with Crippen LogP contribution in [0.1, 0.15) is 18.0 Å². The number of hydrogen-bond donors (Lipinski definition) is 2. The second-order valence-electron chi connectivity index (χ2n) is 4.96. The minimum atomic E-state index is 0.175. The molecule has 1 aliphatic rings. The third kappa shape index (κ3) is 3.62. The van der Waals surface area contributed by atoms with Gasteiger partial charge in [-0.1, -0.05) is 0 Å². The number of nitrogens with zero attached hydrogens (tertiary/aromatic N) is 1. The fourth-order valence-corrected chi connectivity index (χ4v) is 2.70. The Hall–Kier alpha value is -1.30. The van der Waals surface area contributed by atoms with Gasteiger partial charge >= 0.3 is 0 Å². The van der Waals surface area contributed by atoms with Crippen molar-refractivity contribution >= 4 is 0 Å². The normalized spacial score (nSPS) is 17.8. The van der Waals surface area contributed by atoms with E-state index in [1.54, 1.807) is 14.2 Å². The van der Waals surface area contributed by atoms with Crippen molar-refractivity contribution in [3.8, 4) is 11.5 Å². The van der Waals surface area contributed by atoms with Crippen molar-refractivity contribution in [3.63, 3.8) is 0 Å². The van der Waals surface area contributed by atoms with E-state index in [1.807, 2.05) is 18.2 Å². The molecule has 0 bridgehead atoms. The lowest BCUT2D eigenvalue weighted by Gasteiger charge is -2.35. The zero-order valence-corrected chi connectivity index (χ0v) is 12.3. The summed E-state index contributed by atoms with van der Waals surface area (Å²) < 4.78 is 10.7. The predicted molar refractivity (Wildman–Crippen MR) is 78.4 cm³/mol. The van der Waals surface area contributed by atoms with Gasteiger partial charge in [0.25, 0.3) is 0 Å². The molecule has 2 rings (SSSR count). The highest BCUT2D eigenvalue weighted by atomic mass is 16.5. The maximum Gasteiger partial charge on any atom is 0.122 e. The Labute approximate surface area is 120 Å². The van der Waals surface area contributed by atoms with Gasteiger partial charge in [0.05, 0.1) is 14.2 Å². The topological polar surface area (TPSA) is 54.0 Å². The first kappa shape index (κ1) is 15.1. The van der Waals surface area contributed by atoms with Gasteiger partial charge < -0.3 is 19.9 Å². The van der Waals surface area contributed by atoms with E-state index in [-0.39, 0.29) is 12.6 Å². The molecule has 0 amide bonds. The highest BCUT2D eigenvalue weighted by Gasteiger charge is 2.22. The minimum absolute atomic E-state index is 0.175. The van der Waals surface area contributed by atoms with Crippen LogP contribution in [0.4, 0.5) is 0 Å². The smallest absolute Gasteiger partial charge is 0.122 e. The fourth-order valence-electron chi connectivity index (χ4n) is 2.70. The molecule has 1 aromatic rings. The standard InChI is InChI=1S/C15H24N2O3/c1-19-13-9-12(10-14(11-13)20-2)15(3-8-18)17-6-4-16-5-7-17/h9-11,15-16,18H,3-8H2,1-2H3/t15-/m0/s1. The summed E-state index contributed by atoms with van der Waals surface area (Å²) in [6.45, 7) is 4.13. The molecule has 5 heteroatoms. The summed E-state index contributed by atoms with van der Waals surface area (Å²) in [5.74, 6) is 1.58. The summed E-state index contributed by atoms with van der Waals surface area (Å²) in [5.41, 5.74) is 1.14. The van der Waals surface area contributed by atoms with Gasteiger partial charge in [0.1, 0.15) is 11.5 Å². The molecule has 5 nitrogen and oxygen atoms in total. The number of ether oxygens (including phenoxy) is 2. The number of rotatable bonds is 6. The number of piperazine rings is 1. The van der Waals surface area contributed by atoms with Crippen molar-refractivity contribution < 1.29 is 14.6 Å². The van der Waals surface area contributed by atoms with E-state index in [9.17, 15) is 5.11 Å². The number of methoxy groups -OCH3 is 2. The van der Waals surface area contributed by atoms with Crippen LogP contribution in [-0.4, -0.2) is 57.0 Å². The molecular formula is C15H24N2O3. The Balaban J connectivity index is 2.27. The number of aliphatic hydroxyl groups excluding tert-OH is 1. The lowest BCUT2D eigenvalue weighted by molar-refractivity contribution is 0.140. The lowest BCUT2D eigenvalue weighted by Crippen LogP contribution is -2.45. The molecule has 2 N–H and O–H groups in total. The second-order valence-corrected chi connectivity index (χ2v) is 4.96. The molecule has 112 valence electrons. The number of aliphatic hydroxyl groups is 1. The Kier molecular flexibility index (Phi) is 5.64. The van der Waals surface area contributed by atoms with E-state index in [0.717, 1.165) is 49.7 Å². The first-order chi connectivity index (χ1) is 9.78. The minimum Gasteiger partial charge on any atom is -0.497 e. The third-order valence-electron chi connectivity index (χ3n) is 3.75. The monoisotopic (exact) mass is 280 g/mol. The highest BCUT2D eigenvalue weighted by molar-refractivity contribution is 5.40. The SMILES string of the molecule is COc1cc(OC)cc([C@H](CCO)N2CCNCC2)c1. The van der Waals surface area contributed by atoms with Crippen molar-refractivity contribution in [2.45, 2.75) is 12.5 Å². The highest BCUT2D eigenvalue weighted by Crippen LogP contribution is 2.31. The molecular weight excluding hydrogens is 256 g/mol. The Morgan fingerprint density at radius 1 is 1.15 bits per heavy atom. The van der Waals surface area contributed by atoms with Gasteiger partial charge in [0, 0.05) is 44.9 Å². The zero-order valence-electron chi connectivity index (χ0n) is 12.3. The van der Waals surface area contributed by atoms with Crippen LogP contribution in [0, 0.1) is 0 Å². The average Bonchev–Trinajstić information content (AvgIpc) is 2.52. The summed E-state index contributed by atoms with van der Waals surface area (Å²) in [7, 11) is 3.31. The molecule has 1 heterocycles. The molecule has 20 heavy (non-hydrogen) atoms. The van der Waals surface area contributed by atoms with Crippen LogP contribution < -0.4 is 14.8 Å². The van der Waals surface area contributed by atoms with Gasteiger partial charge in [-0.15, -0.1) is 0 Å². The van der Waals surface area contributed by atoms with Gasteiger partial charge in [-0.25, -0.2) is 0 Å². The summed E-state index contributed by atoms with van der Waals surface area (Å²) >= 11 is 0. The molecule has 1 saturated heterocycles. The molecule has 0 unspecified atom stereocenters. The van der Waals surface area contributed by atoms with Gasteiger partial charge in [-0.2, -0.15) is 0 Å². The maximum absolute atomic E-state index is 9.38.